The van der Waals surface area contributed by atoms with Crippen LogP contribution in [0.5, 0.6) is 0 Å². The van der Waals surface area contributed by atoms with E-state index in [9.17, 15) is 0 Å². The monoisotopic (exact) mass is 209 g/mol. The Morgan fingerprint density at radius 1 is 1.29 bits per heavy atom. The van der Waals surface area contributed by atoms with Gasteiger partial charge < -0.3 is 5.32 Å². The molecule has 14 heavy (non-hydrogen) atoms. The predicted molar refractivity (Wildman–Crippen MR) is 60.9 cm³/mol. The Morgan fingerprint density at radius 3 is 2.43 bits per heavy atom. The molecule has 1 fully saturated rings. The summed E-state index contributed by atoms with van der Waals surface area (Å²) in [5.74, 6) is 0. The Kier molecular flexibility index (Phi) is 2.80. The van der Waals surface area contributed by atoms with E-state index >= 15 is 0 Å². The molecule has 1 N–H and O–H groups in total. The Bertz CT molecular complexity index is 317. The van der Waals surface area contributed by atoms with Crippen LogP contribution in [0, 0.1) is 13.8 Å². The molecule has 1 aliphatic rings. The molecule has 1 atom stereocenters. The van der Waals surface area contributed by atoms with Crippen molar-refractivity contribution in [3.05, 3.63) is 33.8 Å². The van der Waals surface area contributed by atoms with Gasteiger partial charge in [-0.3, -0.25) is 0 Å². The fraction of sp³-hybridized carbons (Fsp3) is 0.500. The Labute approximate surface area is 90.5 Å². The number of nitrogens with one attached hydrogen (secondary N) is 1. The first-order valence-electron chi connectivity index (χ1n) is 5.18. The molecule has 0 aromatic heterocycles. The van der Waals surface area contributed by atoms with Crippen molar-refractivity contribution < 1.29 is 0 Å². The van der Waals surface area contributed by atoms with E-state index in [1.165, 1.54) is 29.5 Å². The van der Waals surface area contributed by atoms with Crippen molar-refractivity contribution in [2.24, 2.45) is 0 Å². The second-order valence-corrected chi connectivity index (χ2v) is 4.50. The average Bonchev–Trinajstić information content (AvgIpc) is 2.66. The number of hydrogen-bond acceptors (Lipinski definition) is 1. The fourth-order valence-electron chi connectivity index (χ4n) is 2.15. The smallest absolute Gasteiger partial charge is 0.0464 e. The molecule has 2 rings (SSSR count). The molecule has 0 aliphatic carbocycles. The molecule has 1 aromatic rings. The largest absolute Gasteiger partial charge is 0.310 e. The van der Waals surface area contributed by atoms with Crippen molar-refractivity contribution in [3.8, 4) is 0 Å². The highest BCUT2D eigenvalue weighted by atomic mass is 35.5. The highest BCUT2D eigenvalue weighted by Gasteiger charge is 2.17. The van der Waals surface area contributed by atoms with E-state index in [2.05, 4.69) is 31.3 Å². The first-order valence-corrected chi connectivity index (χ1v) is 5.56. The quantitative estimate of drug-likeness (QED) is 0.748. The maximum absolute atomic E-state index is 6.14. The van der Waals surface area contributed by atoms with Crippen LogP contribution in [0.1, 0.15) is 35.6 Å². The lowest BCUT2D eigenvalue weighted by molar-refractivity contribution is 0.647. The van der Waals surface area contributed by atoms with Gasteiger partial charge in [-0.25, -0.2) is 0 Å². The lowest BCUT2D eigenvalue weighted by atomic mass is 10.0. The van der Waals surface area contributed by atoms with E-state index < -0.39 is 0 Å². The Morgan fingerprint density at radius 2 is 1.93 bits per heavy atom. The van der Waals surface area contributed by atoms with Gasteiger partial charge in [-0.05, 0) is 49.9 Å². The second-order valence-electron chi connectivity index (χ2n) is 4.12. The highest BCUT2D eigenvalue weighted by Crippen LogP contribution is 2.28. The van der Waals surface area contributed by atoms with E-state index in [4.69, 9.17) is 11.6 Å². The molecule has 0 radical (unpaired) electrons. The summed E-state index contributed by atoms with van der Waals surface area (Å²) in [7, 11) is 0. The number of halogens is 1. The van der Waals surface area contributed by atoms with Gasteiger partial charge in [-0.1, -0.05) is 23.7 Å². The highest BCUT2D eigenvalue weighted by molar-refractivity contribution is 6.32. The van der Waals surface area contributed by atoms with Crippen LogP contribution in [-0.2, 0) is 0 Å². The number of aryl methyl sites for hydroxylation is 2. The van der Waals surface area contributed by atoms with E-state index in [1.807, 2.05) is 0 Å². The standard InChI is InChI=1S/C12H16ClN/c1-8-6-10(7-9(2)12(8)13)11-4-3-5-14-11/h6-7,11,14H,3-5H2,1-2H3/t11-/m1/s1. The van der Waals surface area contributed by atoms with E-state index in [-0.39, 0.29) is 0 Å². The van der Waals surface area contributed by atoms with Gasteiger partial charge in [0.05, 0.1) is 0 Å². The van der Waals surface area contributed by atoms with Gasteiger partial charge >= 0.3 is 0 Å². The molecule has 1 aromatic carbocycles. The van der Waals surface area contributed by atoms with Gasteiger partial charge in [0.1, 0.15) is 0 Å². The summed E-state index contributed by atoms with van der Waals surface area (Å²) in [6.45, 7) is 5.30. The minimum Gasteiger partial charge on any atom is -0.310 e. The molecule has 2 heteroatoms. The van der Waals surface area contributed by atoms with Gasteiger partial charge in [-0.15, -0.1) is 0 Å². The van der Waals surface area contributed by atoms with Crippen molar-refractivity contribution in [2.45, 2.75) is 32.7 Å². The van der Waals surface area contributed by atoms with Gasteiger partial charge in [-0.2, -0.15) is 0 Å². The van der Waals surface area contributed by atoms with Gasteiger partial charge in [0.25, 0.3) is 0 Å². The molecule has 1 heterocycles. The third-order valence-electron chi connectivity index (χ3n) is 2.92. The van der Waals surface area contributed by atoms with Crippen LogP contribution in [0.3, 0.4) is 0 Å². The van der Waals surface area contributed by atoms with E-state index in [1.54, 1.807) is 0 Å². The number of hydrogen-bond donors (Lipinski definition) is 1. The molecule has 0 bridgehead atoms. The zero-order chi connectivity index (χ0) is 10.1. The third-order valence-corrected chi connectivity index (χ3v) is 3.52. The summed E-state index contributed by atoms with van der Waals surface area (Å²) in [4.78, 5) is 0. The van der Waals surface area contributed by atoms with Crippen LogP contribution in [0.15, 0.2) is 12.1 Å². The van der Waals surface area contributed by atoms with Crippen molar-refractivity contribution >= 4 is 11.6 Å². The summed E-state index contributed by atoms with van der Waals surface area (Å²) < 4.78 is 0. The van der Waals surface area contributed by atoms with Crippen LogP contribution in [0.2, 0.25) is 5.02 Å². The first kappa shape index (κ1) is 10.0. The molecule has 1 nitrogen and oxygen atoms in total. The van der Waals surface area contributed by atoms with Crippen LogP contribution >= 0.6 is 11.6 Å². The molecule has 0 amide bonds. The van der Waals surface area contributed by atoms with E-state index in [0.717, 1.165) is 11.6 Å². The van der Waals surface area contributed by atoms with Crippen molar-refractivity contribution in [2.75, 3.05) is 6.54 Å². The van der Waals surface area contributed by atoms with E-state index in [0.29, 0.717) is 6.04 Å². The molecular formula is C12H16ClN. The maximum Gasteiger partial charge on any atom is 0.0464 e. The number of rotatable bonds is 1. The topological polar surface area (TPSA) is 12.0 Å². The lowest BCUT2D eigenvalue weighted by Crippen LogP contribution is -2.13. The second kappa shape index (κ2) is 3.92. The van der Waals surface area contributed by atoms with Crippen molar-refractivity contribution in [1.29, 1.82) is 0 Å². The zero-order valence-electron chi connectivity index (χ0n) is 8.73. The molecule has 0 spiro atoms. The minimum atomic E-state index is 0.546. The summed E-state index contributed by atoms with van der Waals surface area (Å²) in [5, 5.41) is 4.41. The maximum atomic E-state index is 6.14. The molecular weight excluding hydrogens is 194 g/mol. The fourth-order valence-corrected chi connectivity index (χ4v) is 2.26. The molecule has 0 unspecified atom stereocenters. The van der Waals surface area contributed by atoms with Gasteiger partial charge in [0, 0.05) is 11.1 Å². The average molecular weight is 210 g/mol. The van der Waals surface area contributed by atoms with Crippen molar-refractivity contribution in [3.63, 3.8) is 0 Å². The predicted octanol–water partition coefficient (Wildman–Crippen LogP) is 3.38. The first-order chi connectivity index (χ1) is 6.68. The molecule has 0 saturated carbocycles. The number of benzene rings is 1. The zero-order valence-corrected chi connectivity index (χ0v) is 9.49. The summed E-state index contributed by atoms with van der Waals surface area (Å²) in [6.07, 6.45) is 2.53. The van der Waals surface area contributed by atoms with Gasteiger partial charge in [0.15, 0.2) is 0 Å². The normalized spacial score (nSPS) is 21.5. The summed E-state index contributed by atoms with van der Waals surface area (Å²) in [5.41, 5.74) is 3.77. The summed E-state index contributed by atoms with van der Waals surface area (Å²) in [6, 6.07) is 4.96. The van der Waals surface area contributed by atoms with Gasteiger partial charge in [0.2, 0.25) is 0 Å². The van der Waals surface area contributed by atoms with Crippen LogP contribution in [-0.4, -0.2) is 6.54 Å². The minimum absolute atomic E-state index is 0.546. The lowest BCUT2D eigenvalue weighted by Gasteiger charge is -2.13. The van der Waals surface area contributed by atoms with Crippen molar-refractivity contribution in [1.82, 2.24) is 5.32 Å². The Hall–Kier alpha value is -0.530. The van der Waals surface area contributed by atoms with Crippen LogP contribution in [0.4, 0.5) is 0 Å². The molecule has 76 valence electrons. The van der Waals surface area contributed by atoms with Crippen LogP contribution in [0.25, 0.3) is 0 Å². The SMILES string of the molecule is Cc1cc([C@H]2CCCN2)cc(C)c1Cl. The molecule has 1 saturated heterocycles. The van der Waals surface area contributed by atoms with Crippen LogP contribution < -0.4 is 5.32 Å². The third kappa shape index (κ3) is 1.79. The molecule has 1 aliphatic heterocycles. The summed E-state index contributed by atoms with van der Waals surface area (Å²) >= 11 is 6.14. The Balaban J connectivity index is 2.34.